The highest BCUT2D eigenvalue weighted by Gasteiger charge is 2.18. The van der Waals surface area contributed by atoms with E-state index in [1.807, 2.05) is 6.92 Å². The van der Waals surface area contributed by atoms with Crippen LogP contribution in [0, 0.1) is 0 Å². The maximum absolute atomic E-state index is 10.9. The molecule has 0 aliphatic rings. The summed E-state index contributed by atoms with van der Waals surface area (Å²) < 4.78 is 24.4. The standard InChI is InChI=1S/C5H12N4O2S/c1-2-3-4-5(6)12(10,11)9-8-7/h5H,2-4,6H2,1H3. The molecule has 0 heterocycles. The van der Waals surface area contributed by atoms with Gasteiger partial charge in [-0.3, -0.25) is 0 Å². The van der Waals surface area contributed by atoms with Gasteiger partial charge in [0.2, 0.25) is 0 Å². The van der Waals surface area contributed by atoms with Gasteiger partial charge in [-0.15, -0.1) is 0 Å². The van der Waals surface area contributed by atoms with Crippen LogP contribution < -0.4 is 5.73 Å². The lowest BCUT2D eigenvalue weighted by atomic mass is 10.2. The van der Waals surface area contributed by atoms with E-state index < -0.39 is 15.4 Å². The van der Waals surface area contributed by atoms with Gasteiger partial charge in [0.25, 0.3) is 10.0 Å². The smallest absolute Gasteiger partial charge is 0.251 e. The molecule has 0 rings (SSSR count). The van der Waals surface area contributed by atoms with Gasteiger partial charge in [-0.1, -0.05) is 19.8 Å². The van der Waals surface area contributed by atoms with Crippen LogP contribution in [-0.4, -0.2) is 13.8 Å². The zero-order chi connectivity index (χ0) is 9.61. The van der Waals surface area contributed by atoms with E-state index in [0.717, 1.165) is 6.42 Å². The number of sulfonamides is 1. The van der Waals surface area contributed by atoms with Gasteiger partial charge in [-0.2, -0.15) is 0 Å². The Morgan fingerprint density at radius 1 is 1.67 bits per heavy atom. The lowest BCUT2D eigenvalue weighted by molar-refractivity contribution is 0.568. The number of hydrogen-bond acceptors (Lipinski definition) is 3. The van der Waals surface area contributed by atoms with Gasteiger partial charge in [-0.25, -0.2) is 8.42 Å². The Bertz CT molecular complexity index is 267. The first-order valence-corrected chi connectivity index (χ1v) is 5.10. The molecule has 12 heavy (non-hydrogen) atoms. The normalized spacial score (nSPS) is 13.5. The van der Waals surface area contributed by atoms with Gasteiger partial charge in [0.05, 0.1) is 0 Å². The zero-order valence-electron chi connectivity index (χ0n) is 6.84. The molecule has 6 nitrogen and oxygen atoms in total. The Balaban J connectivity index is 4.26. The van der Waals surface area contributed by atoms with Crippen LogP contribution in [0.3, 0.4) is 0 Å². The maximum Gasteiger partial charge on any atom is 0.251 e. The molecule has 0 spiro atoms. The zero-order valence-corrected chi connectivity index (χ0v) is 7.66. The minimum absolute atomic E-state index is 0.331. The molecule has 2 N–H and O–H groups in total. The van der Waals surface area contributed by atoms with Gasteiger partial charge < -0.3 is 5.73 Å². The summed E-state index contributed by atoms with van der Waals surface area (Å²) in [5, 5.41) is -1.06. The Morgan fingerprint density at radius 3 is 2.67 bits per heavy atom. The minimum atomic E-state index is -3.80. The molecule has 0 fully saturated rings. The number of hydrogen-bond donors (Lipinski definition) is 1. The van der Waals surface area contributed by atoms with Crippen LogP contribution in [0.4, 0.5) is 0 Å². The summed E-state index contributed by atoms with van der Waals surface area (Å²) in [5.41, 5.74) is 13.2. The summed E-state index contributed by atoms with van der Waals surface area (Å²) in [7, 11) is -3.80. The topological polar surface area (TPSA) is 109 Å². The molecule has 0 aliphatic heterocycles. The molecule has 0 saturated heterocycles. The Labute approximate surface area is 71.4 Å². The number of rotatable bonds is 5. The van der Waals surface area contributed by atoms with E-state index >= 15 is 0 Å². The van der Waals surface area contributed by atoms with Gasteiger partial charge in [-0.05, 0) is 12.0 Å². The van der Waals surface area contributed by atoms with Crippen LogP contribution in [-0.2, 0) is 10.0 Å². The van der Waals surface area contributed by atoms with Crippen molar-refractivity contribution in [1.82, 2.24) is 0 Å². The van der Waals surface area contributed by atoms with Gasteiger partial charge >= 0.3 is 0 Å². The predicted molar refractivity (Wildman–Crippen MR) is 45.6 cm³/mol. The van der Waals surface area contributed by atoms with Crippen molar-refractivity contribution < 1.29 is 8.42 Å². The van der Waals surface area contributed by atoms with E-state index in [0.29, 0.717) is 12.8 Å². The highest BCUT2D eigenvalue weighted by Crippen LogP contribution is 2.06. The molecule has 0 bridgehead atoms. The first-order valence-electron chi connectivity index (χ1n) is 3.60. The summed E-state index contributed by atoms with van der Waals surface area (Å²) in [6, 6.07) is 0. The monoisotopic (exact) mass is 192 g/mol. The first-order chi connectivity index (χ1) is 5.54. The molecule has 0 amide bonds. The second kappa shape index (κ2) is 4.97. The van der Waals surface area contributed by atoms with Crippen molar-refractivity contribution in [3.8, 4) is 0 Å². The van der Waals surface area contributed by atoms with Crippen LogP contribution in [0.1, 0.15) is 26.2 Å². The first kappa shape index (κ1) is 11.2. The molecule has 0 saturated carbocycles. The number of nitrogens with zero attached hydrogens (tertiary/aromatic N) is 3. The second-order valence-corrected chi connectivity index (χ2v) is 4.17. The summed E-state index contributed by atoms with van der Waals surface area (Å²) in [6.45, 7) is 1.92. The molecular formula is C5H12N4O2S. The van der Waals surface area contributed by atoms with Crippen molar-refractivity contribution in [2.45, 2.75) is 31.6 Å². The van der Waals surface area contributed by atoms with E-state index in [1.54, 1.807) is 0 Å². The fourth-order valence-corrected chi connectivity index (χ4v) is 1.35. The molecule has 0 aromatic carbocycles. The van der Waals surface area contributed by atoms with Crippen molar-refractivity contribution in [3.05, 3.63) is 10.4 Å². The fourth-order valence-electron chi connectivity index (χ4n) is 0.666. The third-order valence-corrected chi connectivity index (χ3v) is 2.68. The van der Waals surface area contributed by atoms with E-state index in [-0.39, 0.29) is 0 Å². The summed E-state index contributed by atoms with van der Waals surface area (Å²) >= 11 is 0. The molecule has 1 unspecified atom stereocenters. The molecule has 70 valence electrons. The molecule has 0 aromatic heterocycles. The van der Waals surface area contributed by atoms with Crippen molar-refractivity contribution in [3.63, 3.8) is 0 Å². The van der Waals surface area contributed by atoms with E-state index in [1.165, 1.54) is 0 Å². The highest BCUT2D eigenvalue weighted by atomic mass is 32.2. The van der Waals surface area contributed by atoms with Crippen molar-refractivity contribution in [1.29, 1.82) is 0 Å². The predicted octanol–water partition coefficient (Wildman–Crippen LogP) is 1.10. The van der Waals surface area contributed by atoms with Gasteiger partial charge in [0.1, 0.15) is 5.37 Å². The average molecular weight is 192 g/mol. The summed E-state index contributed by atoms with van der Waals surface area (Å²) in [6.07, 6.45) is 1.90. The number of unbranched alkanes of at least 4 members (excludes halogenated alkanes) is 1. The Hall–Kier alpha value is -0.780. The van der Waals surface area contributed by atoms with E-state index in [9.17, 15) is 8.42 Å². The van der Waals surface area contributed by atoms with Crippen molar-refractivity contribution >= 4 is 10.0 Å². The molecule has 0 aromatic rings. The van der Waals surface area contributed by atoms with E-state index in [4.69, 9.17) is 11.3 Å². The summed E-state index contributed by atoms with van der Waals surface area (Å²) in [4.78, 5) is 2.19. The lowest BCUT2D eigenvalue weighted by Crippen LogP contribution is -2.28. The highest BCUT2D eigenvalue weighted by molar-refractivity contribution is 7.90. The van der Waals surface area contributed by atoms with Gasteiger partial charge in [0, 0.05) is 9.43 Å². The van der Waals surface area contributed by atoms with Crippen LogP contribution in [0.2, 0.25) is 0 Å². The van der Waals surface area contributed by atoms with Crippen molar-refractivity contribution in [2.75, 3.05) is 0 Å². The molecule has 1 atom stereocenters. The lowest BCUT2D eigenvalue weighted by Gasteiger charge is -2.06. The van der Waals surface area contributed by atoms with E-state index in [2.05, 4.69) is 9.43 Å². The fraction of sp³-hybridized carbons (Fsp3) is 1.00. The Kier molecular flexibility index (Phi) is 4.65. The number of azide groups is 1. The molecular weight excluding hydrogens is 180 g/mol. The maximum atomic E-state index is 10.9. The third-order valence-electron chi connectivity index (χ3n) is 1.38. The quantitative estimate of drug-likeness (QED) is 0.400. The molecule has 7 heteroatoms. The number of nitrogens with two attached hydrogens (primary N) is 1. The Morgan fingerprint density at radius 2 is 2.25 bits per heavy atom. The third kappa shape index (κ3) is 3.56. The average Bonchev–Trinajstić information content (AvgIpc) is 2.00. The SMILES string of the molecule is CCCCC(N)S(=O)(=O)N=[N+]=[N-]. The second-order valence-electron chi connectivity index (χ2n) is 2.37. The van der Waals surface area contributed by atoms with Crippen molar-refractivity contribution in [2.24, 2.45) is 10.3 Å². The minimum Gasteiger partial charge on any atom is -0.315 e. The molecule has 0 aliphatic carbocycles. The van der Waals surface area contributed by atoms with Crippen LogP contribution >= 0.6 is 0 Å². The van der Waals surface area contributed by atoms with Crippen LogP contribution in [0.5, 0.6) is 0 Å². The van der Waals surface area contributed by atoms with Gasteiger partial charge in [0.15, 0.2) is 0 Å². The summed E-state index contributed by atoms with van der Waals surface area (Å²) in [5.74, 6) is 0. The van der Waals surface area contributed by atoms with Crippen LogP contribution in [0.25, 0.3) is 10.4 Å². The van der Waals surface area contributed by atoms with Crippen LogP contribution in [0.15, 0.2) is 4.52 Å². The molecule has 0 radical (unpaired) electrons. The largest absolute Gasteiger partial charge is 0.315 e.